The summed E-state index contributed by atoms with van der Waals surface area (Å²) < 4.78 is 11.0. The van der Waals surface area contributed by atoms with Crippen LogP contribution in [0.15, 0.2) is 63.7 Å². The number of hydrogen-bond acceptors (Lipinski definition) is 4. The van der Waals surface area contributed by atoms with Crippen molar-refractivity contribution in [3.8, 4) is 5.75 Å². The summed E-state index contributed by atoms with van der Waals surface area (Å²) in [6, 6.07) is 12.4. The van der Waals surface area contributed by atoms with Gasteiger partial charge in [-0.15, -0.1) is 0 Å². The van der Waals surface area contributed by atoms with Crippen molar-refractivity contribution in [1.82, 2.24) is 0 Å². The molecule has 0 radical (unpaired) electrons. The van der Waals surface area contributed by atoms with E-state index in [-0.39, 0.29) is 22.5 Å². The number of para-hydroxylation sites is 1. The summed E-state index contributed by atoms with van der Waals surface area (Å²) in [6.07, 6.45) is 2.79. The Morgan fingerprint density at radius 1 is 1.04 bits per heavy atom. The van der Waals surface area contributed by atoms with Gasteiger partial charge in [0.1, 0.15) is 17.6 Å². The van der Waals surface area contributed by atoms with Gasteiger partial charge in [0.05, 0.1) is 16.5 Å². The molecular formula is C19H12O4. The van der Waals surface area contributed by atoms with Crippen LogP contribution in [0.5, 0.6) is 5.75 Å². The molecular weight excluding hydrogens is 292 g/mol. The van der Waals surface area contributed by atoms with Crippen molar-refractivity contribution >= 4 is 22.8 Å². The number of benzene rings is 2. The molecule has 0 saturated heterocycles. The van der Waals surface area contributed by atoms with Gasteiger partial charge >= 0.3 is 0 Å². The lowest BCUT2D eigenvalue weighted by molar-refractivity contribution is 0.101. The van der Waals surface area contributed by atoms with Gasteiger partial charge in [0.2, 0.25) is 5.78 Å². The highest BCUT2D eigenvalue weighted by atomic mass is 16.5. The molecule has 1 aliphatic rings. The zero-order valence-corrected chi connectivity index (χ0v) is 12.3. The SMILES string of the molecule is Cc1ccc2c(c1)C(=O)/C(=C/c1coc3ccccc3c1=O)O2. The third-order valence-electron chi connectivity index (χ3n) is 3.82. The minimum Gasteiger partial charge on any atom is -0.463 e. The van der Waals surface area contributed by atoms with E-state index in [0.29, 0.717) is 22.3 Å². The zero-order chi connectivity index (χ0) is 16.0. The molecule has 4 nitrogen and oxygen atoms in total. The van der Waals surface area contributed by atoms with Gasteiger partial charge in [-0.2, -0.15) is 0 Å². The lowest BCUT2D eigenvalue weighted by Crippen LogP contribution is -2.07. The standard InChI is InChI=1S/C19H12O4/c1-11-6-7-16-14(8-11)19(21)17(23-16)9-12-10-22-15-5-3-2-4-13(15)18(12)20/h2-10H,1H3/b17-9-. The van der Waals surface area contributed by atoms with E-state index < -0.39 is 0 Å². The topological polar surface area (TPSA) is 56.5 Å². The van der Waals surface area contributed by atoms with Crippen molar-refractivity contribution in [2.75, 3.05) is 0 Å². The van der Waals surface area contributed by atoms with Crippen LogP contribution in [0.25, 0.3) is 17.0 Å². The van der Waals surface area contributed by atoms with E-state index in [4.69, 9.17) is 9.15 Å². The fourth-order valence-corrected chi connectivity index (χ4v) is 2.64. The van der Waals surface area contributed by atoms with Crippen molar-refractivity contribution in [2.45, 2.75) is 6.92 Å². The number of Topliss-reactive ketones (excluding diaryl/α,β-unsaturated/α-hetero) is 1. The Bertz CT molecular complexity index is 1040. The normalized spacial score (nSPS) is 15.0. The smallest absolute Gasteiger partial charge is 0.231 e. The van der Waals surface area contributed by atoms with Crippen LogP contribution >= 0.6 is 0 Å². The Hall–Kier alpha value is -3.14. The van der Waals surface area contributed by atoms with Crippen LogP contribution in [0.1, 0.15) is 21.5 Å². The quantitative estimate of drug-likeness (QED) is 0.643. The summed E-state index contributed by atoms with van der Waals surface area (Å²) in [4.78, 5) is 24.9. The maximum absolute atomic E-state index is 12.5. The molecule has 3 aromatic rings. The van der Waals surface area contributed by atoms with Crippen LogP contribution in [-0.2, 0) is 0 Å². The molecule has 1 aromatic heterocycles. The number of ether oxygens (including phenoxy) is 1. The van der Waals surface area contributed by atoms with Gasteiger partial charge in [-0.25, -0.2) is 0 Å². The predicted molar refractivity (Wildman–Crippen MR) is 86.6 cm³/mol. The van der Waals surface area contributed by atoms with Crippen molar-refractivity contribution in [3.63, 3.8) is 0 Å². The maximum Gasteiger partial charge on any atom is 0.231 e. The van der Waals surface area contributed by atoms with Crippen LogP contribution in [-0.4, -0.2) is 5.78 Å². The number of ketones is 1. The van der Waals surface area contributed by atoms with E-state index in [9.17, 15) is 9.59 Å². The molecule has 0 atom stereocenters. The summed E-state index contributed by atoms with van der Waals surface area (Å²) in [7, 11) is 0. The number of hydrogen-bond donors (Lipinski definition) is 0. The molecule has 0 bridgehead atoms. The van der Waals surface area contributed by atoms with E-state index >= 15 is 0 Å². The third kappa shape index (κ3) is 2.16. The van der Waals surface area contributed by atoms with Crippen LogP contribution in [0.3, 0.4) is 0 Å². The highest BCUT2D eigenvalue weighted by Crippen LogP contribution is 2.32. The number of carbonyl (C=O) groups is 1. The van der Waals surface area contributed by atoms with E-state index in [1.165, 1.54) is 12.3 Å². The Labute approximate surface area is 131 Å². The van der Waals surface area contributed by atoms with Gasteiger partial charge in [-0.3, -0.25) is 9.59 Å². The highest BCUT2D eigenvalue weighted by molar-refractivity contribution is 6.14. The molecule has 4 heteroatoms. The Morgan fingerprint density at radius 2 is 1.87 bits per heavy atom. The highest BCUT2D eigenvalue weighted by Gasteiger charge is 2.27. The summed E-state index contributed by atoms with van der Waals surface area (Å²) >= 11 is 0. The molecule has 23 heavy (non-hydrogen) atoms. The number of allylic oxidation sites excluding steroid dienone is 1. The van der Waals surface area contributed by atoms with Crippen molar-refractivity contribution < 1.29 is 13.9 Å². The predicted octanol–water partition coefficient (Wildman–Crippen LogP) is 3.72. The van der Waals surface area contributed by atoms with Gasteiger partial charge in [0.15, 0.2) is 11.2 Å². The Morgan fingerprint density at radius 3 is 2.74 bits per heavy atom. The number of rotatable bonds is 1. The first kappa shape index (κ1) is 13.5. The average molecular weight is 304 g/mol. The molecule has 2 aromatic carbocycles. The van der Waals surface area contributed by atoms with Crippen LogP contribution in [0.4, 0.5) is 0 Å². The number of aryl methyl sites for hydroxylation is 1. The molecule has 0 amide bonds. The van der Waals surface area contributed by atoms with Crippen LogP contribution in [0.2, 0.25) is 0 Å². The van der Waals surface area contributed by atoms with Gasteiger partial charge in [0, 0.05) is 0 Å². The van der Waals surface area contributed by atoms with Crippen molar-refractivity contribution in [1.29, 1.82) is 0 Å². The Kier molecular flexibility index (Phi) is 2.91. The summed E-state index contributed by atoms with van der Waals surface area (Å²) in [5.41, 5.74) is 2.10. The molecule has 2 heterocycles. The van der Waals surface area contributed by atoms with Gasteiger partial charge in [-0.05, 0) is 37.3 Å². The van der Waals surface area contributed by atoms with Gasteiger partial charge in [0.25, 0.3) is 0 Å². The second-order valence-electron chi connectivity index (χ2n) is 5.46. The molecule has 112 valence electrons. The average Bonchev–Trinajstić information content (AvgIpc) is 2.86. The Balaban J connectivity index is 1.82. The van der Waals surface area contributed by atoms with E-state index in [0.717, 1.165) is 5.56 Å². The zero-order valence-electron chi connectivity index (χ0n) is 12.3. The molecule has 0 spiro atoms. The molecule has 0 N–H and O–H groups in total. The van der Waals surface area contributed by atoms with E-state index in [2.05, 4.69) is 0 Å². The molecule has 0 aliphatic carbocycles. The first-order chi connectivity index (χ1) is 11.1. The molecule has 1 aliphatic heterocycles. The first-order valence-electron chi connectivity index (χ1n) is 7.19. The number of fused-ring (bicyclic) bond motifs is 2. The first-order valence-corrected chi connectivity index (χ1v) is 7.19. The maximum atomic E-state index is 12.5. The third-order valence-corrected chi connectivity index (χ3v) is 3.82. The monoisotopic (exact) mass is 304 g/mol. The molecule has 0 fully saturated rings. The van der Waals surface area contributed by atoms with Gasteiger partial charge in [-0.1, -0.05) is 23.8 Å². The van der Waals surface area contributed by atoms with Crippen molar-refractivity contribution in [2.24, 2.45) is 0 Å². The fourth-order valence-electron chi connectivity index (χ4n) is 2.64. The molecule has 0 saturated carbocycles. The molecule has 0 unspecified atom stereocenters. The minimum absolute atomic E-state index is 0.133. The fraction of sp³-hybridized carbons (Fsp3) is 0.0526. The van der Waals surface area contributed by atoms with Crippen LogP contribution in [0, 0.1) is 6.92 Å². The summed E-state index contributed by atoms with van der Waals surface area (Å²) in [5, 5.41) is 0.473. The van der Waals surface area contributed by atoms with E-state index in [1.54, 1.807) is 36.4 Å². The van der Waals surface area contributed by atoms with Crippen LogP contribution < -0.4 is 10.2 Å². The summed E-state index contributed by atoms with van der Waals surface area (Å²) in [5.74, 6) is 0.418. The molecule has 4 rings (SSSR count). The van der Waals surface area contributed by atoms with Gasteiger partial charge < -0.3 is 9.15 Å². The second-order valence-corrected chi connectivity index (χ2v) is 5.46. The van der Waals surface area contributed by atoms with Crippen molar-refractivity contribution in [3.05, 3.63) is 81.4 Å². The summed E-state index contributed by atoms with van der Waals surface area (Å²) in [6.45, 7) is 1.91. The lowest BCUT2D eigenvalue weighted by atomic mass is 10.1. The second kappa shape index (κ2) is 4.95. The largest absolute Gasteiger partial charge is 0.463 e. The minimum atomic E-state index is -0.226. The lowest BCUT2D eigenvalue weighted by Gasteiger charge is -2.00. The van der Waals surface area contributed by atoms with E-state index in [1.807, 2.05) is 13.0 Å². The number of carbonyl (C=O) groups excluding carboxylic acids is 1.